The van der Waals surface area contributed by atoms with Crippen molar-refractivity contribution in [2.45, 2.75) is 72.8 Å². The number of carboxylic acid groups (broad SMARTS) is 2. The van der Waals surface area contributed by atoms with Crippen molar-refractivity contribution in [1.29, 1.82) is 0 Å². The lowest BCUT2D eigenvalue weighted by atomic mass is 9.88. The number of nitrogens with one attached hydrogen (secondary N) is 2. The summed E-state index contributed by atoms with van der Waals surface area (Å²) in [5.41, 5.74) is 0.0328. The molecule has 0 fully saturated rings. The number of amides is 2. The minimum atomic E-state index is -1.21. The Kier molecular flexibility index (Phi) is 12.8. The molecule has 2 amide bonds. The molecule has 11 heteroatoms. The first-order chi connectivity index (χ1) is 16.6. The smallest absolute Gasteiger partial charge is 0.327 e. The first-order valence-corrected chi connectivity index (χ1v) is 14.0. The molecule has 0 aromatic heterocycles. The summed E-state index contributed by atoms with van der Waals surface area (Å²) in [5, 5.41) is 24.1. The molecule has 0 spiro atoms. The van der Waals surface area contributed by atoms with Crippen molar-refractivity contribution in [3.63, 3.8) is 0 Å². The van der Waals surface area contributed by atoms with Crippen molar-refractivity contribution >= 4 is 45.3 Å². The summed E-state index contributed by atoms with van der Waals surface area (Å²) in [6.07, 6.45) is -0.699. The number of carboxylic acids is 2. The lowest BCUT2D eigenvalue weighted by Crippen LogP contribution is -2.51. The molecule has 0 aliphatic rings. The summed E-state index contributed by atoms with van der Waals surface area (Å²) >= 11 is 0. The summed E-state index contributed by atoms with van der Waals surface area (Å²) in [7, 11) is 2.23. The molecule has 1 aromatic carbocycles. The Morgan fingerprint density at radius 1 is 0.861 bits per heavy atom. The fourth-order valence-electron chi connectivity index (χ4n) is 3.03. The number of hydrogen-bond acceptors (Lipinski definition) is 7. The van der Waals surface area contributed by atoms with E-state index in [1.807, 2.05) is 71.9 Å². The van der Waals surface area contributed by atoms with Crippen LogP contribution < -0.4 is 10.6 Å². The SMILES string of the molecule is CC(C)(C)CC(=O)NC(CSSCC(NC(=O)[C@H](OCc1ccccc1)C(C)(C)C)C(=O)O)C(=O)O. The Hall–Kier alpha value is -2.24. The van der Waals surface area contributed by atoms with E-state index in [2.05, 4.69) is 10.6 Å². The van der Waals surface area contributed by atoms with Crippen molar-refractivity contribution < 1.29 is 34.1 Å². The molecular weight excluding hydrogens is 504 g/mol. The predicted molar refractivity (Wildman–Crippen MR) is 143 cm³/mol. The third kappa shape index (κ3) is 12.6. The highest BCUT2D eigenvalue weighted by molar-refractivity contribution is 8.76. The van der Waals surface area contributed by atoms with E-state index in [-0.39, 0.29) is 35.9 Å². The number of aliphatic carboxylic acids is 2. The van der Waals surface area contributed by atoms with Gasteiger partial charge in [-0.25, -0.2) is 9.59 Å². The van der Waals surface area contributed by atoms with Crippen molar-refractivity contribution in [3.05, 3.63) is 35.9 Å². The Bertz CT molecular complexity index is 883. The van der Waals surface area contributed by atoms with E-state index in [9.17, 15) is 29.4 Å². The van der Waals surface area contributed by atoms with E-state index in [0.29, 0.717) is 0 Å². The summed E-state index contributed by atoms with van der Waals surface area (Å²) in [4.78, 5) is 48.3. The third-order valence-corrected chi connectivity index (χ3v) is 7.20. The van der Waals surface area contributed by atoms with Gasteiger partial charge < -0.3 is 25.6 Å². The van der Waals surface area contributed by atoms with Gasteiger partial charge in [0.05, 0.1) is 6.61 Å². The second-order valence-corrected chi connectivity index (χ2v) is 13.3. The van der Waals surface area contributed by atoms with Gasteiger partial charge in [-0.2, -0.15) is 0 Å². The van der Waals surface area contributed by atoms with E-state index in [1.54, 1.807) is 0 Å². The minimum Gasteiger partial charge on any atom is -0.480 e. The van der Waals surface area contributed by atoms with Crippen LogP contribution in [0.5, 0.6) is 0 Å². The maximum atomic E-state index is 13.0. The topological polar surface area (TPSA) is 142 Å². The molecule has 0 bridgehead atoms. The largest absolute Gasteiger partial charge is 0.480 e. The summed E-state index contributed by atoms with van der Waals surface area (Å²) in [5.74, 6) is -3.23. The van der Waals surface area contributed by atoms with Crippen LogP contribution in [0.15, 0.2) is 30.3 Å². The fraction of sp³-hybridized carbons (Fsp3) is 0.600. The molecule has 1 rings (SSSR count). The summed E-state index contributed by atoms with van der Waals surface area (Å²) in [6, 6.07) is 7.06. The molecule has 0 saturated heterocycles. The van der Waals surface area contributed by atoms with Crippen LogP contribution in [0.4, 0.5) is 0 Å². The predicted octanol–water partition coefficient (Wildman–Crippen LogP) is 3.57. The summed E-state index contributed by atoms with van der Waals surface area (Å²) in [6.45, 7) is 11.3. The molecule has 2 unspecified atom stereocenters. The Balaban J connectivity index is 2.66. The van der Waals surface area contributed by atoms with Crippen LogP contribution in [0.3, 0.4) is 0 Å². The molecule has 0 saturated carbocycles. The average Bonchev–Trinajstić information content (AvgIpc) is 2.73. The van der Waals surface area contributed by atoms with Gasteiger partial charge in [0.15, 0.2) is 0 Å². The van der Waals surface area contributed by atoms with Gasteiger partial charge in [-0.15, -0.1) is 0 Å². The maximum Gasteiger partial charge on any atom is 0.327 e. The van der Waals surface area contributed by atoms with E-state index < -0.39 is 41.4 Å². The van der Waals surface area contributed by atoms with Gasteiger partial charge in [0, 0.05) is 17.9 Å². The zero-order valence-corrected chi connectivity index (χ0v) is 23.3. The quantitative estimate of drug-likeness (QED) is 0.205. The van der Waals surface area contributed by atoms with Gasteiger partial charge in [-0.3, -0.25) is 9.59 Å². The van der Waals surface area contributed by atoms with Crippen molar-refractivity contribution in [1.82, 2.24) is 10.6 Å². The first kappa shape index (κ1) is 31.8. The van der Waals surface area contributed by atoms with Crippen LogP contribution in [0.1, 0.15) is 53.5 Å². The number of carbonyl (C=O) groups excluding carboxylic acids is 2. The molecule has 0 radical (unpaired) electrons. The lowest BCUT2D eigenvalue weighted by molar-refractivity contribution is -0.147. The molecule has 9 nitrogen and oxygen atoms in total. The molecule has 4 N–H and O–H groups in total. The van der Waals surface area contributed by atoms with Gasteiger partial charge >= 0.3 is 11.9 Å². The third-order valence-electron chi connectivity index (χ3n) is 4.78. The van der Waals surface area contributed by atoms with Crippen molar-refractivity contribution in [2.75, 3.05) is 11.5 Å². The minimum absolute atomic E-state index is 0.00354. The average molecular weight is 543 g/mol. The number of carbonyl (C=O) groups is 4. The second kappa shape index (κ2) is 14.5. The fourth-order valence-corrected chi connectivity index (χ4v) is 5.34. The number of hydrogen-bond donors (Lipinski definition) is 4. The molecule has 1 aromatic rings. The summed E-state index contributed by atoms with van der Waals surface area (Å²) < 4.78 is 5.87. The number of ether oxygens (including phenoxy) is 1. The van der Waals surface area contributed by atoms with Crippen LogP contribution in [0, 0.1) is 10.8 Å². The number of benzene rings is 1. The van der Waals surface area contributed by atoms with Crippen molar-refractivity contribution in [3.8, 4) is 0 Å². The van der Waals surface area contributed by atoms with Crippen LogP contribution in [0.2, 0.25) is 0 Å². The Labute approximate surface area is 220 Å². The monoisotopic (exact) mass is 542 g/mol. The van der Waals surface area contributed by atoms with E-state index in [4.69, 9.17) is 4.74 Å². The van der Waals surface area contributed by atoms with E-state index in [0.717, 1.165) is 27.2 Å². The molecule has 0 aliphatic heterocycles. The van der Waals surface area contributed by atoms with Gasteiger partial charge in [-0.1, -0.05) is 93.5 Å². The molecule has 3 atom stereocenters. The van der Waals surface area contributed by atoms with Crippen molar-refractivity contribution in [2.24, 2.45) is 10.8 Å². The van der Waals surface area contributed by atoms with Gasteiger partial charge in [-0.05, 0) is 16.4 Å². The highest BCUT2D eigenvalue weighted by atomic mass is 33.1. The van der Waals surface area contributed by atoms with Crippen LogP contribution >= 0.6 is 21.6 Å². The molecule has 202 valence electrons. The van der Waals surface area contributed by atoms with E-state index >= 15 is 0 Å². The second-order valence-electron chi connectivity index (χ2n) is 10.7. The van der Waals surface area contributed by atoms with Crippen LogP contribution in [-0.4, -0.2) is 63.7 Å². The van der Waals surface area contributed by atoms with Gasteiger partial charge in [0.1, 0.15) is 18.2 Å². The Morgan fingerprint density at radius 3 is 1.81 bits per heavy atom. The highest BCUT2D eigenvalue weighted by Crippen LogP contribution is 2.26. The van der Waals surface area contributed by atoms with Crippen LogP contribution in [0.25, 0.3) is 0 Å². The van der Waals surface area contributed by atoms with Crippen LogP contribution in [-0.2, 0) is 30.5 Å². The lowest BCUT2D eigenvalue weighted by Gasteiger charge is -2.30. The van der Waals surface area contributed by atoms with Gasteiger partial charge in [0.25, 0.3) is 0 Å². The Morgan fingerprint density at radius 2 is 1.36 bits per heavy atom. The molecule has 0 heterocycles. The molecule has 0 aliphatic carbocycles. The normalized spacial score (nSPS) is 14.4. The maximum absolute atomic E-state index is 13.0. The number of rotatable bonds is 14. The van der Waals surface area contributed by atoms with Gasteiger partial charge in [0.2, 0.25) is 11.8 Å². The van der Waals surface area contributed by atoms with E-state index in [1.165, 1.54) is 0 Å². The zero-order chi connectivity index (χ0) is 27.5. The zero-order valence-electron chi connectivity index (χ0n) is 21.7. The first-order valence-electron chi connectivity index (χ1n) is 11.6. The molecular formula is C25H38N2O7S2. The molecule has 36 heavy (non-hydrogen) atoms. The highest BCUT2D eigenvalue weighted by Gasteiger charge is 2.35. The standard InChI is InChI=1S/C25H38N2O7S2/c1-24(2,3)12-19(28)26-17(22(30)31)14-35-36-15-18(23(32)33)27-21(29)20(25(4,5)6)34-13-16-10-8-7-9-11-16/h7-11,17-18,20H,12-15H2,1-6H3,(H,26,28)(H,27,29)(H,30,31)(H,32,33)/t17?,18?,20-/m0/s1.